The Balaban J connectivity index is 1.34. The van der Waals surface area contributed by atoms with Gasteiger partial charge in [-0.3, -0.25) is 14.6 Å². The molecule has 0 unspecified atom stereocenters. The van der Waals surface area contributed by atoms with Gasteiger partial charge in [0.15, 0.2) is 0 Å². The van der Waals surface area contributed by atoms with Crippen molar-refractivity contribution >= 4 is 28.4 Å². The molecule has 1 aromatic heterocycles. The minimum absolute atomic E-state index is 0.214. The van der Waals surface area contributed by atoms with Crippen LogP contribution in [0.1, 0.15) is 11.3 Å². The number of aryl methyl sites for hydroxylation is 1. The van der Waals surface area contributed by atoms with Crippen LogP contribution >= 0.6 is 11.6 Å². The van der Waals surface area contributed by atoms with E-state index >= 15 is 0 Å². The number of morpholine rings is 1. The minimum Gasteiger partial charge on any atom is -0.378 e. The largest absolute Gasteiger partial charge is 0.378 e. The Labute approximate surface area is 171 Å². The predicted molar refractivity (Wildman–Crippen MR) is 111 cm³/mol. The van der Waals surface area contributed by atoms with E-state index in [1.807, 2.05) is 23.1 Å². The van der Waals surface area contributed by atoms with Crippen LogP contribution in [0.25, 0.3) is 10.9 Å². The molecule has 0 N–H and O–H groups in total. The Bertz CT molecular complexity index is 846. The molecule has 3 heterocycles. The summed E-state index contributed by atoms with van der Waals surface area (Å²) in [5, 5.41) is 1.88. The number of aromatic nitrogens is 1. The molecule has 2 saturated heterocycles. The standard InChI is InChI=1S/C21H27ClN4O2/c1-16-17-4-2-3-5-18(17)23-19(21(16)22)14-24-6-8-25(9-7-24)15-20(27)26-10-12-28-13-11-26/h2-5H,6-15H2,1H3. The van der Waals surface area contributed by atoms with Crippen molar-refractivity contribution in [3.05, 3.63) is 40.5 Å². The van der Waals surface area contributed by atoms with Gasteiger partial charge in [0.2, 0.25) is 5.91 Å². The molecular weight excluding hydrogens is 376 g/mol. The molecule has 1 amide bonds. The van der Waals surface area contributed by atoms with Gasteiger partial charge in [-0.25, -0.2) is 4.98 Å². The lowest BCUT2D eigenvalue weighted by Crippen LogP contribution is -2.51. The fourth-order valence-electron chi connectivity index (χ4n) is 3.94. The number of carbonyl (C=O) groups excluding carboxylic acids is 1. The summed E-state index contributed by atoms with van der Waals surface area (Å²) < 4.78 is 5.32. The molecule has 2 aliphatic rings. The van der Waals surface area contributed by atoms with E-state index in [1.165, 1.54) is 0 Å². The van der Waals surface area contributed by atoms with Crippen LogP contribution in [-0.2, 0) is 16.1 Å². The number of ether oxygens (including phenoxy) is 1. The van der Waals surface area contributed by atoms with Gasteiger partial charge in [0.25, 0.3) is 0 Å². The first-order valence-electron chi connectivity index (χ1n) is 9.96. The molecule has 4 rings (SSSR count). The molecule has 2 aromatic rings. The molecule has 1 aromatic carbocycles. The average molecular weight is 403 g/mol. The first-order valence-corrected chi connectivity index (χ1v) is 10.3. The summed E-state index contributed by atoms with van der Waals surface area (Å²) in [4.78, 5) is 23.8. The van der Waals surface area contributed by atoms with E-state index in [0.29, 0.717) is 32.8 Å². The lowest BCUT2D eigenvalue weighted by Gasteiger charge is -2.36. The van der Waals surface area contributed by atoms with Crippen LogP contribution in [0.2, 0.25) is 5.02 Å². The van der Waals surface area contributed by atoms with Crippen molar-refractivity contribution in [1.82, 2.24) is 19.7 Å². The summed E-state index contributed by atoms with van der Waals surface area (Å²) in [7, 11) is 0. The van der Waals surface area contributed by atoms with Crippen molar-refractivity contribution in [3.8, 4) is 0 Å². The summed E-state index contributed by atoms with van der Waals surface area (Å²) in [6.07, 6.45) is 0. The fraction of sp³-hybridized carbons (Fsp3) is 0.524. The Morgan fingerprint density at radius 1 is 1.07 bits per heavy atom. The number of hydrogen-bond donors (Lipinski definition) is 0. The first-order chi connectivity index (χ1) is 13.6. The summed E-state index contributed by atoms with van der Waals surface area (Å²) in [5.41, 5.74) is 3.03. The Morgan fingerprint density at radius 3 is 2.50 bits per heavy atom. The number of benzene rings is 1. The summed E-state index contributed by atoms with van der Waals surface area (Å²) in [5.74, 6) is 0.214. The van der Waals surface area contributed by atoms with Gasteiger partial charge in [0.1, 0.15) is 0 Å². The van der Waals surface area contributed by atoms with Crippen LogP contribution < -0.4 is 0 Å². The smallest absolute Gasteiger partial charge is 0.236 e. The zero-order chi connectivity index (χ0) is 19.5. The zero-order valence-corrected chi connectivity index (χ0v) is 17.1. The molecule has 150 valence electrons. The number of pyridine rings is 1. The third kappa shape index (κ3) is 4.30. The molecule has 2 fully saturated rings. The third-order valence-electron chi connectivity index (χ3n) is 5.71. The molecule has 2 aliphatic heterocycles. The van der Waals surface area contributed by atoms with Gasteiger partial charge in [0, 0.05) is 51.2 Å². The monoisotopic (exact) mass is 402 g/mol. The maximum absolute atomic E-state index is 12.4. The molecule has 0 atom stereocenters. The van der Waals surface area contributed by atoms with Crippen molar-refractivity contribution in [2.75, 3.05) is 59.0 Å². The van der Waals surface area contributed by atoms with E-state index < -0.39 is 0 Å². The highest BCUT2D eigenvalue weighted by Gasteiger charge is 2.24. The van der Waals surface area contributed by atoms with Crippen LogP contribution in [0, 0.1) is 6.92 Å². The van der Waals surface area contributed by atoms with Gasteiger partial charge in [-0.05, 0) is 18.6 Å². The van der Waals surface area contributed by atoms with Crippen molar-refractivity contribution in [3.63, 3.8) is 0 Å². The van der Waals surface area contributed by atoms with Gasteiger partial charge in [-0.1, -0.05) is 29.8 Å². The number of para-hydroxylation sites is 1. The van der Waals surface area contributed by atoms with E-state index in [1.54, 1.807) is 0 Å². The number of halogens is 1. The number of carbonyl (C=O) groups is 1. The summed E-state index contributed by atoms with van der Waals surface area (Å²) in [6.45, 7) is 9.65. The highest BCUT2D eigenvalue weighted by atomic mass is 35.5. The van der Waals surface area contributed by atoms with Gasteiger partial charge in [0.05, 0.1) is 36.0 Å². The van der Waals surface area contributed by atoms with E-state index in [4.69, 9.17) is 21.3 Å². The van der Waals surface area contributed by atoms with Crippen LogP contribution in [0.15, 0.2) is 24.3 Å². The van der Waals surface area contributed by atoms with E-state index in [9.17, 15) is 4.79 Å². The molecule has 7 heteroatoms. The number of fused-ring (bicyclic) bond motifs is 1. The molecular formula is C21H27ClN4O2. The molecule has 28 heavy (non-hydrogen) atoms. The lowest BCUT2D eigenvalue weighted by molar-refractivity contribution is -0.136. The number of nitrogens with zero attached hydrogens (tertiary/aromatic N) is 4. The first kappa shape index (κ1) is 19.6. The van der Waals surface area contributed by atoms with Crippen molar-refractivity contribution in [2.45, 2.75) is 13.5 Å². The molecule has 6 nitrogen and oxygen atoms in total. The van der Waals surface area contributed by atoms with Crippen LogP contribution in [0.4, 0.5) is 0 Å². The van der Waals surface area contributed by atoms with Gasteiger partial charge >= 0.3 is 0 Å². The Morgan fingerprint density at radius 2 is 1.75 bits per heavy atom. The summed E-state index contributed by atoms with van der Waals surface area (Å²) in [6, 6.07) is 8.13. The number of amides is 1. The maximum Gasteiger partial charge on any atom is 0.236 e. The summed E-state index contributed by atoms with van der Waals surface area (Å²) >= 11 is 6.61. The average Bonchev–Trinajstić information content (AvgIpc) is 2.74. The van der Waals surface area contributed by atoms with Gasteiger partial charge < -0.3 is 9.64 Å². The van der Waals surface area contributed by atoms with Crippen molar-refractivity contribution in [1.29, 1.82) is 0 Å². The van der Waals surface area contributed by atoms with E-state index in [-0.39, 0.29) is 5.91 Å². The second-order valence-electron chi connectivity index (χ2n) is 7.56. The maximum atomic E-state index is 12.4. The van der Waals surface area contributed by atoms with Gasteiger partial charge in [-0.15, -0.1) is 0 Å². The van der Waals surface area contributed by atoms with E-state index in [0.717, 1.165) is 59.9 Å². The normalized spacial score (nSPS) is 19.3. The Kier molecular flexibility index (Phi) is 6.11. The van der Waals surface area contributed by atoms with Crippen LogP contribution in [-0.4, -0.2) is 84.6 Å². The van der Waals surface area contributed by atoms with Crippen molar-refractivity contribution in [2.24, 2.45) is 0 Å². The molecule has 0 radical (unpaired) electrons. The minimum atomic E-state index is 0.214. The number of hydrogen-bond acceptors (Lipinski definition) is 5. The topological polar surface area (TPSA) is 48.9 Å². The van der Waals surface area contributed by atoms with Crippen molar-refractivity contribution < 1.29 is 9.53 Å². The van der Waals surface area contributed by atoms with Crippen LogP contribution in [0.3, 0.4) is 0 Å². The molecule has 0 saturated carbocycles. The lowest BCUT2D eigenvalue weighted by atomic mass is 10.1. The second kappa shape index (κ2) is 8.74. The number of rotatable bonds is 4. The SMILES string of the molecule is Cc1c(Cl)c(CN2CCN(CC(=O)N3CCOCC3)CC2)nc2ccccc12. The highest BCUT2D eigenvalue weighted by molar-refractivity contribution is 6.32. The fourth-order valence-corrected chi connectivity index (χ4v) is 4.15. The molecule has 0 spiro atoms. The molecule has 0 bridgehead atoms. The Hall–Kier alpha value is -1.73. The predicted octanol–water partition coefficient (Wildman–Crippen LogP) is 2.17. The van der Waals surface area contributed by atoms with Gasteiger partial charge in [-0.2, -0.15) is 0 Å². The zero-order valence-electron chi connectivity index (χ0n) is 16.4. The quantitative estimate of drug-likeness (QED) is 0.784. The number of piperazine rings is 1. The van der Waals surface area contributed by atoms with E-state index in [2.05, 4.69) is 22.8 Å². The second-order valence-corrected chi connectivity index (χ2v) is 7.94. The highest BCUT2D eigenvalue weighted by Crippen LogP contribution is 2.27. The van der Waals surface area contributed by atoms with Crippen LogP contribution in [0.5, 0.6) is 0 Å². The third-order valence-corrected chi connectivity index (χ3v) is 6.21. The molecule has 0 aliphatic carbocycles.